The van der Waals surface area contributed by atoms with E-state index in [2.05, 4.69) is 5.32 Å². The summed E-state index contributed by atoms with van der Waals surface area (Å²) in [7, 11) is 0. The Kier molecular flexibility index (Phi) is 4.36. The topological polar surface area (TPSA) is 29.1 Å². The number of hydrogen-bond acceptors (Lipinski definition) is 1. The molecule has 0 unspecified atom stereocenters. The lowest BCUT2D eigenvalue weighted by Crippen LogP contribution is -2.28. The second-order valence-corrected chi connectivity index (χ2v) is 3.79. The summed E-state index contributed by atoms with van der Waals surface area (Å²) in [5.41, 5.74) is 0.387. The molecular weight excluding hydrogens is 240 g/mol. The molecule has 1 aromatic carbocycles. The molecule has 1 atom stereocenters. The standard InChI is InChI=1S/C10H10Cl2FNO/c1-6(14-10(15)5-11)8-3-2-7(12)4-9(8)13/h2-4,6H,5H2,1H3,(H,14,15)/t6-/m1/s1. The fraction of sp³-hybridized carbons (Fsp3) is 0.300. The van der Waals surface area contributed by atoms with Crippen LogP contribution in [-0.4, -0.2) is 11.8 Å². The van der Waals surface area contributed by atoms with Gasteiger partial charge in [0.2, 0.25) is 5.91 Å². The van der Waals surface area contributed by atoms with Crippen molar-refractivity contribution >= 4 is 29.1 Å². The zero-order valence-corrected chi connectivity index (χ0v) is 9.57. The maximum absolute atomic E-state index is 13.4. The summed E-state index contributed by atoms with van der Waals surface area (Å²) in [5.74, 6) is -0.914. The van der Waals surface area contributed by atoms with E-state index in [-0.39, 0.29) is 11.8 Å². The number of alkyl halides is 1. The van der Waals surface area contributed by atoms with Crippen LogP contribution in [0.2, 0.25) is 5.02 Å². The molecule has 1 amide bonds. The van der Waals surface area contributed by atoms with Crippen LogP contribution in [0.25, 0.3) is 0 Å². The monoisotopic (exact) mass is 249 g/mol. The molecule has 0 heterocycles. The zero-order chi connectivity index (χ0) is 11.4. The molecule has 0 bridgehead atoms. The van der Waals surface area contributed by atoms with E-state index < -0.39 is 11.9 Å². The van der Waals surface area contributed by atoms with Gasteiger partial charge < -0.3 is 5.32 Å². The van der Waals surface area contributed by atoms with Crippen LogP contribution >= 0.6 is 23.2 Å². The number of carbonyl (C=O) groups is 1. The van der Waals surface area contributed by atoms with E-state index in [1.165, 1.54) is 12.1 Å². The zero-order valence-electron chi connectivity index (χ0n) is 8.06. The minimum absolute atomic E-state index is 0.139. The first kappa shape index (κ1) is 12.3. The maximum Gasteiger partial charge on any atom is 0.235 e. The minimum Gasteiger partial charge on any atom is -0.348 e. The van der Waals surface area contributed by atoms with E-state index in [1.54, 1.807) is 13.0 Å². The molecule has 2 nitrogen and oxygen atoms in total. The predicted molar refractivity (Wildman–Crippen MR) is 58.7 cm³/mol. The van der Waals surface area contributed by atoms with Crippen molar-refractivity contribution in [1.82, 2.24) is 5.32 Å². The van der Waals surface area contributed by atoms with E-state index >= 15 is 0 Å². The highest BCUT2D eigenvalue weighted by Crippen LogP contribution is 2.20. The van der Waals surface area contributed by atoms with Gasteiger partial charge in [-0.15, -0.1) is 11.6 Å². The van der Waals surface area contributed by atoms with Crippen LogP contribution in [0.15, 0.2) is 18.2 Å². The smallest absolute Gasteiger partial charge is 0.235 e. The Bertz CT molecular complexity index is 370. The van der Waals surface area contributed by atoms with Crippen LogP contribution in [0.5, 0.6) is 0 Å². The van der Waals surface area contributed by atoms with E-state index in [0.717, 1.165) is 0 Å². The van der Waals surface area contributed by atoms with Crippen molar-refractivity contribution in [3.8, 4) is 0 Å². The average Bonchev–Trinajstić information content (AvgIpc) is 2.17. The Hall–Kier alpha value is -0.800. The van der Waals surface area contributed by atoms with E-state index in [0.29, 0.717) is 10.6 Å². The molecule has 0 saturated carbocycles. The van der Waals surface area contributed by atoms with Crippen LogP contribution in [-0.2, 0) is 4.79 Å². The number of halogens is 3. The molecule has 15 heavy (non-hydrogen) atoms. The highest BCUT2D eigenvalue weighted by molar-refractivity contribution is 6.30. The third-order valence-corrected chi connectivity index (χ3v) is 2.41. The van der Waals surface area contributed by atoms with E-state index in [1.807, 2.05) is 0 Å². The predicted octanol–water partition coefficient (Wildman–Crippen LogP) is 2.90. The Morgan fingerprint density at radius 1 is 1.60 bits per heavy atom. The largest absolute Gasteiger partial charge is 0.348 e. The van der Waals surface area contributed by atoms with Crippen LogP contribution in [0.1, 0.15) is 18.5 Å². The fourth-order valence-corrected chi connectivity index (χ4v) is 1.45. The van der Waals surface area contributed by atoms with Gasteiger partial charge in [-0.05, 0) is 19.1 Å². The Labute approximate surface area is 97.4 Å². The molecule has 1 rings (SSSR count). The molecule has 0 saturated heterocycles. The fourth-order valence-electron chi connectivity index (χ4n) is 1.21. The van der Waals surface area contributed by atoms with Crippen LogP contribution in [0.3, 0.4) is 0 Å². The van der Waals surface area contributed by atoms with Gasteiger partial charge in [-0.2, -0.15) is 0 Å². The number of hydrogen-bond donors (Lipinski definition) is 1. The normalized spacial score (nSPS) is 12.3. The van der Waals surface area contributed by atoms with Gasteiger partial charge in [0.05, 0.1) is 6.04 Å². The number of amides is 1. The molecule has 0 aliphatic carbocycles. The van der Waals surface area contributed by atoms with Gasteiger partial charge in [-0.25, -0.2) is 4.39 Å². The molecule has 82 valence electrons. The molecule has 5 heteroatoms. The third-order valence-electron chi connectivity index (χ3n) is 1.93. The van der Waals surface area contributed by atoms with Crippen molar-refractivity contribution in [2.45, 2.75) is 13.0 Å². The van der Waals surface area contributed by atoms with E-state index in [9.17, 15) is 9.18 Å². The van der Waals surface area contributed by atoms with Crippen molar-refractivity contribution in [3.05, 3.63) is 34.6 Å². The second-order valence-electron chi connectivity index (χ2n) is 3.09. The number of benzene rings is 1. The van der Waals surface area contributed by atoms with Crippen molar-refractivity contribution in [2.75, 3.05) is 5.88 Å². The number of rotatable bonds is 3. The van der Waals surface area contributed by atoms with Crippen LogP contribution in [0.4, 0.5) is 4.39 Å². The Morgan fingerprint density at radius 2 is 2.27 bits per heavy atom. The van der Waals surface area contributed by atoms with Crippen molar-refractivity contribution < 1.29 is 9.18 Å². The molecule has 0 aromatic heterocycles. The van der Waals surface area contributed by atoms with Crippen molar-refractivity contribution in [2.24, 2.45) is 0 Å². The average molecular weight is 250 g/mol. The summed E-state index contributed by atoms with van der Waals surface area (Å²) in [6.45, 7) is 1.68. The first-order valence-corrected chi connectivity index (χ1v) is 5.26. The second kappa shape index (κ2) is 5.33. The minimum atomic E-state index is -0.440. The van der Waals surface area contributed by atoms with Gasteiger partial charge in [-0.1, -0.05) is 17.7 Å². The molecular formula is C10H10Cl2FNO. The molecule has 0 fully saturated rings. The van der Waals surface area contributed by atoms with Gasteiger partial charge in [0, 0.05) is 10.6 Å². The summed E-state index contributed by atoms with van der Waals surface area (Å²) in [6, 6.07) is 3.90. The Morgan fingerprint density at radius 3 is 2.80 bits per heavy atom. The Balaban J connectivity index is 2.82. The quantitative estimate of drug-likeness (QED) is 0.821. The van der Waals surface area contributed by atoms with Gasteiger partial charge in [0.1, 0.15) is 11.7 Å². The lowest BCUT2D eigenvalue weighted by atomic mass is 10.1. The first-order chi connectivity index (χ1) is 7.04. The SMILES string of the molecule is C[C@@H](NC(=O)CCl)c1ccc(Cl)cc1F. The van der Waals surface area contributed by atoms with E-state index in [4.69, 9.17) is 23.2 Å². The van der Waals surface area contributed by atoms with Gasteiger partial charge >= 0.3 is 0 Å². The molecule has 1 N–H and O–H groups in total. The molecule has 0 aliphatic heterocycles. The highest BCUT2D eigenvalue weighted by Gasteiger charge is 2.12. The number of nitrogens with one attached hydrogen (secondary N) is 1. The summed E-state index contributed by atoms with van der Waals surface area (Å²) in [5, 5.41) is 2.88. The van der Waals surface area contributed by atoms with Gasteiger partial charge in [-0.3, -0.25) is 4.79 Å². The molecule has 1 aromatic rings. The van der Waals surface area contributed by atoms with Crippen molar-refractivity contribution in [1.29, 1.82) is 0 Å². The first-order valence-electron chi connectivity index (χ1n) is 4.35. The van der Waals surface area contributed by atoms with Gasteiger partial charge in [0.25, 0.3) is 0 Å². The maximum atomic E-state index is 13.4. The lowest BCUT2D eigenvalue weighted by molar-refractivity contribution is -0.119. The molecule has 0 radical (unpaired) electrons. The summed E-state index contributed by atoms with van der Waals surface area (Å²) in [4.78, 5) is 11.0. The summed E-state index contributed by atoms with van der Waals surface area (Å²) in [6.07, 6.45) is 0. The van der Waals surface area contributed by atoms with Crippen LogP contribution < -0.4 is 5.32 Å². The highest BCUT2D eigenvalue weighted by atomic mass is 35.5. The van der Waals surface area contributed by atoms with Gasteiger partial charge in [0.15, 0.2) is 0 Å². The number of carbonyl (C=O) groups excluding carboxylic acids is 1. The summed E-state index contributed by atoms with van der Waals surface area (Å²) < 4.78 is 13.4. The summed E-state index contributed by atoms with van der Waals surface area (Å²) >= 11 is 10.9. The van der Waals surface area contributed by atoms with Crippen molar-refractivity contribution in [3.63, 3.8) is 0 Å². The third kappa shape index (κ3) is 3.36. The molecule has 0 aliphatic rings. The molecule has 0 spiro atoms. The van der Waals surface area contributed by atoms with Crippen LogP contribution in [0, 0.1) is 5.82 Å². The lowest BCUT2D eigenvalue weighted by Gasteiger charge is -2.14.